The molecule has 1 saturated heterocycles. The van der Waals surface area contributed by atoms with Gasteiger partial charge < -0.3 is 15.4 Å². The first-order valence-electron chi connectivity index (χ1n) is 8.73. The van der Waals surface area contributed by atoms with Gasteiger partial charge in [0, 0.05) is 37.9 Å². The number of aromatic nitrogens is 2. The molecular weight excluding hydrogens is 352 g/mol. The summed E-state index contributed by atoms with van der Waals surface area (Å²) < 4.78 is 7.37. The summed E-state index contributed by atoms with van der Waals surface area (Å²) in [5, 5.41) is 10.6. The van der Waals surface area contributed by atoms with Gasteiger partial charge >= 0.3 is 0 Å². The molecule has 1 amide bonds. The maximum absolute atomic E-state index is 12.7. The molecular formula is C19H27ClN4O2. The molecule has 2 N–H and O–H groups in total. The smallest absolute Gasteiger partial charge is 0.229 e. The number of amides is 1. The van der Waals surface area contributed by atoms with Crippen LogP contribution in [0.1, 0.15) is 30.9 Å². The van der Waals surface area contributed by atoms with Crippen LogP contribution in [0.15, 0.2) is 36.7 Å². The van der Waals surface area contributed by atoms with E-state index in [9.17, 15) is 4.79 Å². The molecule has 2 heterocycles. The van der Waals surface area contributed by atoms with Crippen LogP contribution in [0.3, 0.4) is 0 Å². The molecule has 0 unspecified atom stereocenters. The van der Waals surface area contributed by atoms with E-state index in [1.807, 2.05) is 57.6 Å². The van der Waals surface area contributed by atoms with Crippen molar-refractivity contribution in [2.24, 2.45) is 13.0 Å². The Kier molecular flexibility index (Phi) is 7.20. The van der Waals surface area contributed by atoms with Gasteiger partial charge in [-0.1, -0.05) is 12.1 Å². The molecule has 1 aromatic carbocycles. The van der Waals surface area contributed by atoms with Gasteiger partial charge in [0.15, 0.2) is 0 Å². The molecule has 142 valence electrons. The topological polar surface area (TPSA) is 68.2 Å². The molecule has 26 heavy (non-hydrogen) atoms. The summed E-state index contributed by atoms with van der Waals surface area (Å²) in [5.41, 5.74) is 3.02. The normalized spacial score (nSPS) is 19.4. The number of carbonyl (C=O) groups is 1. The number of benzene rings is 1. The molecule has 2 atom stereocenters. The van der Waals surface area contributed by atoms with E-state index in [0.717, 1.165) is 23.4 Å². The zero-order chi connectivity index (χ0) is 17.8. The number of rotatable bonds is 6. The zero-order valence-corrected chi connectivity index (χ0v) is 16.3. The number of aryl methyl sites for hydroxylation is 1. The summed E-state index contributed by atoms with van der Waals surface area (Å²) in [7, 11) is 1.89. The largest absolute Gasteiger partial charge is 0.374 e. The molecule has 2 aromatic rings. The Hall–Kier alpha value is -1.89. The lowest BCUT2D eigenvalue weighted by molar-refractivity contribution is -0.119. The van der Waals surface area contributed by atoms with Crippen LogP contribution < -0.4 is 10.6 Å². The first-order valence-corrected chi connectivity index (χ1v) is 8.73. The van der Waals surface area contributed by atoms with E-state index < -0.39 is 0 Å². The van der Waals surface area contributed by atoms with Crippen molar-refractivity contribution in [2.75, 3.05) is 18.4 Å². The van der Waals surface area contributed by atoms with Crippen LogP contribution in [-0.2, 0) is 23.2 Å². The Bertz CT molecular complexity index is 715. The molecule has 0 bridgehead atoms. The van der Waals surface area contributed by atoms with Crippen molar-refractivity contribution in [3.63, 3.8) is 0 Å². The Labute approximate surface area is 160 Å². The number of halogens is 1. The van der Waals surface area contributed by atoms with Gasteiger partial charge in [0.1, 0.15) is 0 Å². The second kappa shape index (κ2) is 9.16. The van der Waals surface area contributed by atoms with Gasteiger partial charge in [0.25, 0.3) is 0 Å². The van der Waals surface area contributed by atoms with E-state index in [1.54, 1.807) is 4.68 Å². The number of hydrogen-bond donors (Lipinski definition) is 2. The van der Waals surface area contributed by atoms with Gasteiger partial charge in [-0.15, -0.1) is 12.4 Å². The van der Waals surface area contributed by atoms with Crippen LogP contribution in [-0.4, -0.2) is 34.9 Å². The van der Waals surface area contributed by atoms with Crippen molar-refractivity contribution in [3.8, 4) is 0 Å². The maximum atomic E-state index is 12.7. The van der Waals surface area contributed by atoms with Crippen molar-refractivity contribution in [1.29, 1.82) is 0 Å². The van der Waals surface area contributed by atoms with Gasteiger partial charge in [-0.05, 0) is 37.1 Å². The fourth-order valence-electron chi connectivity index (χ4n) is 3.12. The summed E-state index contributed by atoms with van der Waals surface area (Å²) in [4.78, 5) is 12.7. The van der Waals surface area contributed by atoms with Crippen molar-refractivity contribution in [2.45, 2.75) is 32.5 Å². The highest BCUT2D eigenvalue weighted by molar-refractivity contribution is 5.93. The van der Waals surface area contributed by atoms with E-state index >= 15 is 0 Å². The lowest BCUT2D eigenvalue weighted by Gasteiger charge is -2.17. The summed E-state index contributed by atoms with van der Waals surface area (Å²) in [6.07, 6.45) is 4.04. The van der Waals surface area contributed by atoms with Gasteiger partial charge in [-0.2, -0.15) is 5.10 Å². The van der Waals surface area contributed by atoms with Crippen molar-refractivity contribution in [1.82, 2.24) is 15.1 Å². The number of nitrogens with one attached hydrogen (secondary N) is 2. The highest BCUT2D eigenvalue weighted by Gasteiger charge is 2.34. The predicted octanol–water partition coefficient (Wildman–Crippen LogP) is 2.71. The van der Waals surface area contributed by atoms with Crippen LogP contribution in [0.2, 0.25) is 0 Å². The van der Waals surface area contributed by atoms with E-state index in [0.29, 0.717) is 13.2 Å². The van der Waals surface area contributed by atoms with Crippen LogP contribution in [0, 0.1) is 5.92 Å². The average molecular weight is 379 g/mol. The molecule has 0 radical (unpaired) electrons. The minimum atomic E-state index is -0.0897. The fourth-order valence-corrected chi connectivity index (χ4v) is 3.12. The monoisotopic (exact) mass is 378 g/mol. The van der Waals surface area contributed by atoms with Crippen molar-refractivity contribution < 1.29 is 9.53 Å². The SMILES string of the molecule is CC(C)OCc1ccc(NC(=O)[C@H]2CNC[C@@H]2c2cnn(C)c2)cc1.Cl. The summed E-state index contributed by atoms with van der Waals surface area (Å²) in [5.74, 6) is 0.116. The summed E-state index contributed by atoms with van der Waals surface area (Å²) in [6.45, 7) is 6.11. The quantitative estimate of drug-likeness (QED) is 0.811. The maximum Gasteiger partial charge on any atom is 0.229 e. The summed E-state index contributed by atoms with van der Waals surface area (Å²) >= 11 is 0. The average Bonchev–Trinajstić information content (AvgIpc) is 3.22. The first-order chi connectivity index (χ1) is 12.0. The molecule has 6 nitrogen and oxygen atoms in total. The molecule has 1 aliphatic rings. The number of hydrogen-bond acceptors (Lipinski definition) is 4. The third-order valence-corrected chi connectivity index (χ3v) is 4.51. The third-order valence-electron chi connectivity index (χ3n) is 4.51. The Morgan fingerprint density at radius 3 is 2.69 bits per heavy atom. The Morgan fingerprint density at radius 1 is 1.35 bits per heavy atom. The highest BCUT2D eigenvalue weighted by Crippen LogP contribution is 2.28. The van der Waals surface area contributed by atoms with Crippen molar-refractivity contribution in [3.05, 3.63) is 47.8 Å². The number of carbonyl (C=O) groups excluding carboxylic acids is 1. The van der Waals surface area contributed by atoms with Crippen LogP contribution in [0.5, 0.6) is 0 Å². The lowest BCUT2D eigenvalue weighted by Crippen LogP contribution is -2.28. The van der Waals surface area contributed by atoms with Gasteiger partial charge in [0.05, 0.1) is 24.8 Å². The Balaban J connectivity index is 0.00000243. The van der Waals surface area contributed by atoms with E-state index in [2.05, 4.69) is 15.7 Å². The van der Waals surface area contributed by atoms with Crippen LogP contribution >= 0.6 is 12.4 Å². The van der Waals surface area contributed by atoms with Crippen molar-refractivity contribution >= 4 is 24.0 Å². The highest BCUT2D eigenvalue weighted by atomic mass is 35.5. The third kappa shape index (κ3) is 5.06. The van der Waals surface area contributed by atoms with E-state index in [4.69, 9.17) is 4.74 Å². The van der Waals surface area contributed by atoms with Crippen LogP contribution in [0.4, 0.5) is 5.69 Å². The second-order valence-electron chi connectivity index (χ2n) is 6.86. The predicted molar refractivity (Wildman–Crippen MR) is 105 cm³/mol. The number of anilines is 1. The van der Waals surface area contributed by atoms with Crippen LogP contribution in [0.25, 0.3) is 0 Å². The van der Waals surface area contributed by atoms with Gasteiger partial charge in [-0.25, -0.2) is 0 Å². The molecule has 1 aromatic heterocycles. The molecule has 1 fully saturated rings. The lowest BCUT2D eigenvalue weighted by atomic mass is 9.90. The standard InChI is InChI=1S/C19H26N4O2.ClH/c1-13(2)25-12-14-4-6-16(7-5-14)22-19(24)18-10-20-9-17(18)15-8-21-23(3)11-15;/h4-8,11,13,17-18,20H,9-10,12H2,1-3H3,(H,22,24);1H/t17-,18+;/m1./s1. The molecule has 0 saturated carbocycles. The molecule has 0 spiro atoms. The van der Waals surface area contributed by atoms with Gasteiger partial charge in [-0.3, -0.25) is 9.48 Å². The fraction of sp³-hybridized carbons (Fsp3) is 0.474. The molecule has 7 heteroatoms. The van der Waals surface area contributed by atoms with E-state index in [-0.39, 0.29) is 36.3 Å². The zero-order valence-electron chi connectivity index (χ0n) is 15.4. The molecule has 0 aliphatic carbocycles. The summed E-state index contributed by atoms with van der Waals surface area (Å²) in [6, 6.07) is 7.84. The number of ether oxygens (including phenoxy) is 1. The first kappa shape index (κ1) is 20.4. The minimum Gasteiger partial charge on any atom is -0.374 e. The molecule has 3 rings (SSSR count). The number of nitrogens with zero attached hydrogens (tertiary/aromatic N) is 2. The minimum absolute atomic E-state index is 0. The second-order valence-corrected chi connectivity index (χ2v) is 6.86. The Morgan fingerprint density at radius 2 is 2.08 bits per heavy atom. The molecule has 1 aliphatic heterocycles. The van der Waals surface area contributed by atoms with Gasteiger partial charge in [0.2, 0.25) is 5.91 Å². The van der Waals surface area contributed by atoms with E-state index in [1.165, 1.54) is 0 Å².